The van der Waals surface area contributed by atoms with Crippen molar-refractivity contribution in [3.63, 3.8) is 0 Å². The van der Waals surface area contributed by atoms with Gasteiger partial charge in [0.2, 0.25) is 5.75 Å². The first-order chi connectivity index (χ1) is 9.11. The van der Waals surface area contributed by atoms with E-state index in [1.54, 1.807) is 0 Å². The molecule has 0 heterocycles. The molecule has 3 N–H and O–H groups in total. The topological polar surface area (TPSA) is 116 Å². The van der Waals surface area contributed by atoms with E-state index in [4.69, 9.17) is 10.8 Å². The summed E-state index contributed by atoms with van der Waals surface area (Å²) in [4.78, 5) is 20.4. The Labute approximate surface area is 109 Å². The van der Waals surface area contributed by atoms with Crippen LogP contribution in [0.2, 0.25) is 0 Å². The van der Waals surface area contributed by atoms with E-state index in [2.05, 4.69) is 4.74 Å². The van der Waals surface area contributed by atoms with Gasteiger partial charge in [-0.15, -0.1) is 13.2 Å². The minimum Gasteiger partial charge on any atom is -0.480 e. The molecular formula is C10H9F3N2O5. The Morgan fingerprint density at radius 2 is 2.10 bits per heavy atom. The van der Waals surface area contributed by atoms with Crippen LogP contribution < -0.4 is 10.5 Å². The number of carboxylic acid groups (broad SMARTS) is 1. The van der Waals surface area contributed by atoms with Gasteiger partial charge >= 0.3 is 18.0 Å². The van der Waals surface area contributed by atoms with Crippen molar-refractivity contribution >= 4 is 11.7 Å². The van der Waals surface area contributed by atoms with Crippen LogP contribution in [0.4, 0.5) is 18.9 Å². The minimum absolute atomic E-state index is 0.258. The number of nitrogens with zero attached hydrogens (tertiary/aromatic N) is 1. The lowest BCUT2D eigenvalue weighted by atomic mass is 10.0. The van der Waals surface area contributed by atoms with Gasteiger partial charge in [0, 0.05) is 12.0 Å². The van der Waals surface area contributed by atoms with Gasteiger partial charge < -0.3 is 15.6 Å². The monoisotopic (exact) mass is 294 g/mol. The molecule has 20 heavy (non-hydrogen) atoms. The fraction of sp³-hybridized carbons (Fsp3) is 0.300. The molecule has 0 amide bonds. The molecule has 0 saturated heterocycles. The second-order valence-electron chi connectivity index (χ2n) is 3.72. The van der Waals surface area contributed by atoms with Crippen molar-refractivity contribution in [2.75, 3.05) is 0 Å². The summed E-state index contributed by atoms with van der Waals surface area (Å²) < 4.78 is 40.0. The predicted molar refractivity (Wildman–Crippen MR) is 59.1 cm³/mol. The van der Waals surface area contributed by atoms with Crippen LogP contribution >= 0.6 is 0 Å². The highest BCUT2D eigenvalue weighted by molar-refractivity contribution is 5.74. The third-order valence-electron chi connectivity index (χ3n) is 2.25. The summed E-state index contributed by atoms with van der Waals surface area (Å²) in [5.74, 6) is -2.45. The third-order valence-corrected chi connectivity index (χ3v) is 2.25. The number of rotatable bonds is 5. The summed E-state index contributed by atoms with van der Waals surface area (Å²) in [5.41, 5.74) is 4.00. The SMILES string of the molecule is NC(Cc1cccc(OC(F)(F)F)c1[N+](=O)[O-])C(=O)O. The summed E-state index contributed by atoms with van der Waals surface area (Å²) in [6.07, 6.45) is -5.60. The minimum atomic E-state index is -5.10. The van der Waals surface area contributed by atoms with Gasteiger partial charge in [-0.3, -0.25) is 14.9 Å². The molecule has 0 aliphatic heterocycles. The lowest BCUT2D eigenvalue weighted by molar-refractivity contribution is -0.389. The molecule has 0 aromatic heterocycles. The van der Waals surface area contributed by atoms with Gasteiger partial charge in [0.15, 0.2) is 0 Å². The maximum atomic E-state index is 12.1. The lowest BCUT2D eigenvalue weighted by Gasteiger charge is -2.12. The van der Waals surface area contributed by atoms with Crippen LogP contribution in [0.3, 0.4) is 0 Å². The average Bonchev–Trinajstić information content (AvgIpc) is 2.26. The molecule has 1 atom stereocenters. The van der Waals surface area contributed by atoms with Crippen LogP contribution in [0, 0.1) is 10.1 Å². The predicted octanol–water partition coefficient (Wildman–Crippen LogP) is 1.45. The number of alkyl halides is 3. The quantitative estimate of drug-likeness (QED) is 0.627. The summed E-state index contributed by atoms with van der Waals surface area (Å²) >= 11 is 0. The van der Waals surface area contributed by atoms with Gasteiger partial charge in [-0.25, -0.2) is 0 Å². The number of carboxylic acids is 1. The van der Waals surface area contributed by atoms with Crippen LogP contribution in [0.5, 0.6) is 5.75 Å². The Kier molecular flexibility index (Phi) is 4.50. The zero-order valence-corrected chi connectivity index (χ0v) is 9.76. The lowest BCUT2D eigenvalue weighted by Crippen LogP contribution is -2.32. The maximum Gasteiger partial charge on any atom is 0.573 e. The van der Waals surface area contributed by atoms with E-state index in [0.717, 1.165) is 18.2 Å². The van der Waals surface area contributed by atoms with Crippen LogP contribution in [0.25, 0.3) is 0 Å². The summed E-state index contributed by atoms with van der Waals surface area (Å²) in [5, 5.41) is 19.5. The van der Waals surface area contributed by atoms with Gasteiger partial charge in [0.05, 0.1) is 4.92 Å². The molecule has 0 radical (unpaired) electrons. The highest BCUT2D eigenvalue weighted by Crippen LogP contribution is 2.35. The standard InChI is InChI=1S/C10H9F3N2O5/c11-10(12,13)20-7-3-1-2-5(8(7)15(18)19)4-6(14)9(16)17/h1-3,6H,4,14H2,(H,16,17). The van der Waals surface area contributed by atoms with Crippen LogP contribution in [-0.2, 0) is 11.2 Å². The highest BCUT2D eigenvalue weighted by atomic mass is 19.4. The number of para-hydroxylation sites is 1. The summed E-state index contributed by atoms with van der Waals surface area (Å²) in [6.45, 7) is 0. The largest absolute Gasteiger partial charge is 0.573 e. The van der Waals surface area contributed by atoms with E-state index < -0.39 is 41.2 Å². The number of hydrogen-bond donors (Lipinski definition) is 2. The van der Waals surface area contributed by atoms with Crippen LogP contribution in [0.1, 0.15) is 5.56 Å². The first-order valence-electron chi connectivity index (χ1n) is 5.12. The first-order valence-corrected chi connectivity index (χ1v) is 5.12. The molecule has 10 heteroatoms. The van der Waals surface area contributed by atoms with Gasteiger partial charge in [-0.1, -0.05) is 12.1 Å². The number of aliphatic carboxylic acids is 1. The molecule has 7 nitrogen and oxygen atoms in total. The molecule has 0 fully saturated rings. The van der Waals surface area contributed by atoms with Gasteiger partial charge in [-0.05, 0) is 6.07 Å². The van der Waals surface area contributed by atoms with E-state index in [1.807, 2.05) is 0 Å². The Balaban J connectivity index is 3.21. The fourth-order valence-corrected chi connectivity index (χ4v) is 1.47. The molecule has 1 unspecified atom stereocenters. The second-order valence-corrected chi connectivity index (χ2v) is 3.72. The average molecular weight is 294 g/mol. The Morgan fingerprint density at radius 3 is 2.55 bits per heavy atom. The molecule has 1 aromatic rings. The zero-order valence-electron chi connectivity index (χ0n) is 9.76. The first kappa shape index (κ1) is 15.7. The van der Waals surface area contributed by atoms with Gasteiger partial charge in [0.1, 0.15) is 6.04 Å². The van der Waals surface area contributed by atoms with Crippen molar-refractivity contribution in [1.82, 2.24) is 0 Å². The summed E-state index contributed by atoms with van der Waals surface area (Å²) in [7, 11) is 0. The zero-order chi connectivity index (χ0) is 15.5. The number of nitro groups is 1. The van der Waals surface area contributed by atoms with Crippen molar-refractivity contribution < 1.29 is 32.7 Å². The number of halogens is 3. The molecule has 0 aliphatic rings. The smallest absolute Gasteiger partial charge is 0.480 e. The number of benzene rings is 1. The van der Waals surface area contributed by atoms with Crippen LogP contribution in [-0.4, -0.2) is 28.4 Å². The molecular weight excluding hydrogens is 285 g/mol. The second kappa shape index (κ2) is 5.74. The Bertz CT molecular complexity index is 532. The molecule has 1 rings (SSSR count). The fourth-order valence-electron chi connectivity index (χ4n) is 1.47. The molecule has 0 spiro atoms. The molecule has 0 bridgehead atoms. The number of ether oxygens (including phenoxy) is 1. The van der Waals surface area contributed by atoms with E-state index in [9.17, 15) is 28.1 Å². The van der Waals surface area contributed by atoms with Gasteiger partial charge in [-0.2, -0.15) is 0 Å². The molecule has 0 aliphatic carbocycles. The van der Waals surface area contributed by atoms with E-state index in [1.165, 1.54) is 0 Å². The van der Waals surface area contributed by atoms with Crippen LogP contribution in [0.15, 0.2) is 18.2 Å². The Hall–Kier alpha value is -2.36. The highest BCUT2D eigenvalue weighted by Gasteiger charge is 2.35. The van der Waals surface area contributed by atoms with Crippen molar-refractivity contribution in [1.29, 1.82) is 0 Å². The van der Waals surface area contributed by atoms with Crippen molar-refractivity contribution in [3.8, 4) is 5.75 Å². The van der Waals surface area contributed by atoms with Crippen molar-refractivity contribution in [3.05, 3.63) is 33.9 Å². The van der Waals surface area contributed by atoms with E-state index in [-0.39, 0.29) is 5.56 Å². The van der Waals surface area contributed by atoms with Gasteiger partial charge in [0.25, 0.3) is 0 Å². The third kappa shape index (κ3) is 4.09. The number of nitro benzene ring substituents is 1. The normalized spacial score (nSPS) is 12.8. The number of carbonyl (C=O) groups is 1. The van der Waals surface area contributed by atoms with E-state index in [0.29, 0.717) is 0 Å². The van der Waals surface area contributed by atoms with Crippen molar-refractivity contribution in [2.24, 2.45) is 5.73 Å². The molecule has 110 valence electrons. The summed E-state index contributed by atoms with van der Waals surface area (Å²) in [6, 6.07) is 1.48. The van der Waals surface area contributed by atoms with E-state index >= 15 is 0 Å². The molecule has 1 aromatic carbocycles. The van der Waals surface area contributed by atoms with Crippen molar-refractivity contribution in [2.45, 2.75) is 18.8 Å². The molecule has 0 saturated carbocycles. The number of nitrogens with two attached hydrogens (primary N) is 1. The number of hydrogen-bond acceptors (Lipinski definition) is 5. The maximum absolute atomic E-state index is 12.1. The Morgan fingerprint density at radius 1 is 1.50 bits per heavy atom.